The van der Waals surface area contributed by atoms with Crippen LogP contribution in [0.5, 0.6) is 0 Å². The highest BCUT2D eigenvalue weighted by Gasteiger charge is 2.27. The van der Waals surface area contributed by atoms with Crippen molar-refractivity contribution in [3.63, 3.8) is 0 Å². The number of aliphatic hydroxyl groups excluding tert-OH is 1. The summed E-state index contributed by atoms with van der Waals surface area (Å²) < 4.78 is 14.6. The van der Waals surface area contributed by atoms with Crippen LogP contribution in [0.2, 0.25) is 0 Å². The van der Waals surface area contributed by atoms with Crippen LogP contribution in [0, 0.1) is 0 Å². The van der Waals surface area contributed by atoms with E-state index in [9.17, 15) is 4.79 Å². The van der Waals surface area contributed by atoms with E-state index in [0.29, 0.717) is 0 Å². The van der Waals surface area contributed by atoms with Gasteiger partial charge in [-0.25, -0.2) is 4.79 Å². The van der Waals surface area contributed by atoms with Crippen LogP contribution in [-0.2, 0) is 19.0 Å². The largest absolute Gasteiger partial charge is 0.467 e. The first-order valence-corrected chi connectivity index (χ1v) is 3.69. The van der Waals surface area contributed by atoms with Crippen LogP contribution in [0.25, 0.3) is 0 Å². The maximum Gasteiger partial charge on any atom is 0.337 e. The first-order chi connectivity index (χ1) is 5.77. The number of carbonyl (C=O) groups is 1. The Bertz CT molecular complexity index is 150. The monoisotopic (exact) mass is 176 g/mol. The highest BCUT2D eigenvalue weighted by atomic mass is 16.6. The Kier molecular flexibility index (Phi) is 3.46. The molecule has 0 aromatic heterocycles. The van der Waals surface area contributed by atoms with E-state index in [4.69, 9.17) is 14.6 Å². The molecule has 12 heavy (non-hydrogen) atoms. The van der Waals surface area contributed by atoms with Gasteiger partial charge in [-0.1, -0.05) is 0 Å². The lowest BCUT2D eigenvalue weighted by Crippen LogP contribution is -2.42. The smallest absolute Gasteiger partial charge is 0.337 e. The van der Waals surface area contributed by atoms with Crippen LogP contribution in [0.15, 0.2) is 0 Å². The van der Waals surface area contributed by atoms with Crippen molar-refractivity contribution >= 4 is 5.97 Å². The number of carbonyl (C=O) groups excluding carboxylic acids is 1. The summed E-state index contributed by atoms with van der Waals surface area (Å²) in [5.74, 6) is -0.439. The first kappa shape index (κ1) is 9.44. The molecule has 1 fully saturated rings. The minimum atomic E-state index is -0.641. The second kappa shape index (κ2) is 4.39. The fourth-order valence-electron chi connectivity index (χ4n) is 0.916. The summed E-state index contributed by atoms with van der Waals surface area (Å²) in [5.41, 5.74) is 0. The quantitative estimate of drug-likeness (QED) is 0.543. The molecule has 70 valence electrons. The van der Waals surface area contributed by atoms with Crippen LogP contribution in [0.1, 0.15) is 0 Å². The van der Waals surface area contributed by atoms with Gasteiger partial charge in [0.1, 0.15) is 6.10 Å². The standard InChI is InChI=1S/C7H12O5/c1-10-7(9)6-4-11-5(2-8)3-12-6/h5-6,8H,2-4H2,1H3. The number of hydrogen-bond donors (Lipinski definition) is 1. The molecular weight excluding hydrogens is 164 g/mol. The SMILES string of the molecule is COC(=O)C1COC(CO)CO1. The van der Waals surface area contributed by atoms with Crippen molar-refractivity contribution in [3.8, 4) is 0 Å². The maximum atomic E-state index is 10.9. The van der Waals surface area contributed by atoms with Crippen LogP contribution in [0.4, 0.5) is 0 Å². The lowest BCUT2D eigenvalue weighted by Gasteiger charge is -2.26. The second-order valence-corrected chi connectivity index (χ2v) is 2.48. The van der Waals surface area contributed by atoms with E-state index in [2.05, 4.69) is 4.74 Å². The molecule has 1 aliphatic rings. The fraction of sp³-hybridized carbons (Fsp3) is 0.857. The van der Waals surface area contributed by atoms with Crippen molar-refractivity contribution in [1.29, 1.82) is 0 Å². The predicted molar refractivity (Wildman–Crippen MR) is 38.6 cm³/mol. The number of hydrogen-bond acceptors (Lipinski definition) is 5. The van der Waals surface area contributed by atoms with Crippen LogP contribution >= 0.6 is 0 Å². The topological polar surface area (TPSA) is 65.0 Å². The van der Waals surface area contributed by atoms with Crippen LogP contribution in [-0.4, -0.2) is 50.2 Å². The zero-order valence-corrected chi connectivity index (χ0v) is 6.86. The Morgan fingerprint density at radius 3 is 2.75 bits per heavy atom. The molecule has 1 N–H and O–H groups in total. The van der Waals surface area contributed by atoms with Crippen molar-refractivity contribution in [3.05, 3.63) is 0 Å². The van der Waals surface area contributed by atoms with E-state index in [1.165, 1.54) is 7.11 Å². The molecule has 0 aromatic rings. The summed E-state index contributed by atoms with van der Waals surface area (Å²) in [6.07, 6.45) is -0.955. The summed E-state index contributed by atoms with van der Waals surface area (Å²) in [4.78, 5) is 10.9. The predicted octanol–water partition coefficient (Wildman–Crippen LogP) is -1.06. The molecule has 0 radical (unpaired) electrons. The summed E-state index contributed by atoms with van der Waals surface area (Å²) in [6.45, 7) is 0.294. The zero-order chi connectivity index (χ0) is 8.97. The molecule has 0 aromatic carbocycles. The van der Waals surface area contributed by atoms with E-state index < -0.39 is 12.1 Å². The van der Waals surface area contributed by atoms with Gasteiger partial charge >= 0.3 is 5.97 Å². The molecule has 2 unspecified atom stereocenters. The summed E-state index contributed by atoms with van der Waals surface area (Å²) in [5, 5.41) is 8.65. The van der Waals surface area contributed by atoms with Crippen LogP contribution < -0.4 is 0 Å². The van der Waals surface area contributed by atoms with Gasteiger partial charge in [0.2, 0.25) is 0 Å². The van der Waals surface area contributed by atoms with Crippen molar-refractivity contribution in [2.24, 2.45) is 0 Å². The Labute approximate surface area is 70.2 Å². The maximum absolute atomic E-state index is 10.9. The average molecular weight is 176 g/mol. The number of ether oxygens (including phenoxy) is 3. The van der Waals surface area contributed by atoms with E-state index in [-0.39, 0.29) is 25.9 Å². The molecule has 1 rings (SSSR count). The normalized spacial score (nSPS) is 29.8. The van der Waals surface area contributed by atoms with Crippen molar-refractivity contribution in [2.75, 3.05) is 26.9 Å². The van der Waals surface area contributed by atoms with Gasteiger partial charge in [-0.3, -0.25) is 0 Å². The molecule has 0 bridgehead atoms. The molecule has 0 amide bonds. The van der Waals surface area contributed by atoms with Gasteiger partial charge < -0.3 is 19.3 Å². The van der Waals surface area contributed by atoms with Crippen molar-refractivity contribution in [1.82, 2.24) is 0 Å². The average Bonchev–Trinajstić information content (AvgIpc) is 2.17. The lowest BCUT2D eigenvalue weighted by atomic mass is 10.3. The Hall–Kier alpha value is -0.650. The van der Waals surface area contributed by atoms with E-state index in [0.717, 1.165) is 0 Å². The molecule has 1 aliphatic heterocycles. The van der Waals surface area contributed by atoms with Crippen molar-refractivity contribution in [2.45, 2.75) is 12.2 Å². The van der Waals surface area contributed by atoms with Gasteiger partial charge in [0, 0.05) is 0 Å². The number of rotatable bonds is 2. The fourth-order valence-corrected chi connectivity index (χ4v) is 0.916. The van der Waals surface area contributed by atoms with Crippen LogP contribution in [0.3, 0.4) is 0 Å². The minimum absolute atomic E-state index is 0.0894. The molecule has 0 saturated carbocycles. The molecule has 0 aliphatic carbocycles. The summed E-state index contributed by atoms with van der Waals surface area (Å²) >= 11 is 0. The highest BCUT2D eigenvalue weighted by Crippen LogP contribution is 2.07. The van der Waals surface area contributed by atoms with E-state index >= 15 is 0 Å². The van der Waals surface area contributed by atoms with Gasteiger partial charge in [-0.05, 0) is 0 Å². The van der Waals surface area contributed by atoms with Gasteiger partial charge in [-0.15, -0.1) is 0 Å². The summed E-state index contributed by atoms with van der Waals surface area (Å²) in [6, 6.07) is 0. The van der Waals surface area contributed by atoms with E-state index in [1.807, 2.05) is 0 Å². The molecular formula is C7H12O5. The Morgan fingerprint density at radius 2 is 2.33 bits per heavy atom. The van der Waals surface area contributed by atoms with Gasteiger partial charge in [0.15, 0.2) is 6.10 Å². The first-order valence-electron chi connectivity index (χ1n) is 3.69. The third-order valence-electron chi connectivity index (χ3n) is 1.63. The number of methoxy groups -OCH3 is 1. The minimum Gasteiger partial charge on any atom is -0.467 e. The third kappa shape index (κ3) is 2.17. The van der Waals surface area contributed by atoms with Gasteiger partial charge in [0.25, 0.3) is 0 Å². The molecule has 1 heterocycles. The van der Waals surface area contributed by atoms with Gasteiger partial charge in [-0.2, -0.15) is 0 Å². The molecule has 5 heteroatoms. The molecule has 0 spiro atoms. The second-order valence-electron chi connectivity index (χ2n) is 2.48. The number of aliphatic hydroxyl groups is 1. The zero-order valence-electron chi connectivity index (χ0n) is 6.86. The highest BCUT2D eigenvalue weighted by molar-refractivity contribution is 5.74. The van der Waals surface area contributed by atoms with Crippen molar-refractivity contribution < 1.29 is 24.1 Å². The van der Waals surface area contributed by atoms with E-state index in [1.54, 1.807) is 0 Å². The Balaban J connectivity index is 2.30. The van der Waals surface area contributed by atoms with Gasteiger partial charge in [0.05, 0.1) is 26.9 Å². The lowest BCUT2D eigenvalue weighted by molar-refractivity contribution is -0.181. The Morgan fingerprint density at radius 1 is 1.58 bits per heavy atom. The number of esters is 1. The summed E-state index contributed by atoms with van der Waals surface area (Å²) in [7, 11) is 1.30. The molecule has 2 atom stereocenters. The molecule has 1 saturated heterocycles. The molecule has 5 nitrogen and oxygen atoms in total. The third-order valence-corrected chi connectivity index (χ3v) is 1.63.